The van der Waals surface area contributed by atoms with Crippen LogP contribution in [0.15, 0.2) is 24.5 Å². The third kappa shape index (κ3) is 2.88. The first kappa shape index (κ1) is 14.4. The number of aryl methyl sites for hydroxylation is 1. The van der Waals surface area contributed by atoms with Crippen LogP contribution in [0.25, 0.3) is 0 Å². The molecule has 116 valence electrons. The van der Waals surface area contributed by atoms with E-state index >= 15 is 0 Å². The summed E-state index contributed by atoms with van der Waals surface area (Å²) in [7, 11) is 1.81. The smallest absolute Gasteiger partial charge is 0.231 e. The molecule has 7 heteroatoms. The van der Waals surface area contributed by atoms with Gasteiger partial charge in [0.15, 0.2) is 11.5 Å². The number of nitrogens with one attached hydrogen (secondary N) is 1. The molecule has 1 aliphatic heterocycles. The van der Waals surface area contributed by atoms with Crippen LogP contribution in [0.3, 0.4) is 0 Å². The van der Waals surface area contributed by atoms with Crippen molar-refractivity contribution >= 4 is 5.91 Å². The topological polar surface area (TPSA) is 78.3 Å². The first-order valence-corrected chi connectivity index (χ1v) is 7.19. The molecule has 2 heterocycles. The number of hydrogen-bond acceptors (Lipinski definition) is 5. The summed E-state index contributed by atoms with van der Waals surface area (Å²) in [6.07, 6.45) is 2.52. The van der Waals surface area contributed by atoms with E-state index in [1.807, 2.05) is 32.2 Å². The molecule has 1 aromatic heterocycles. The van der Waals surface area contributed by atoms with Crippen molar-refractivity contribution in [2.45, 2.75) is 25.8 Å². The Morgan fingerprint density at radius 2 is 2.23 bits per heavy atom. The van der Waals surface area contributed by atoms with Gasteiger partial charge in [0.05, 0.1) is 12.5 Å². The zero-order valence-corrected chi connectivity index (χ0v) is 12.6. The molecule has 1 N–H and O–H groups in total. The molecule has 3 rings (SSSR count). The Morgan fingerprint density at radius 1 is 1.41 bits per heavy atom. The van der Waals surface area contributed by atoms with Crippen molar-refractivity contribution < 1.29 is 14.3 Å². The summed E-state index contributed by atoms with van der Waals surface area (Å²) >= 11 is 0. The Labute approximate surface area is 128 Å². The Morgan fingerprint density at radius 3 is 2.95 bits per heavy atom. The highest BCUT2D eigenvalue weighted by atomic mass is 16.7. The zero-order valence-electron chi connectivity index (χ0n) is 12.6. The summed E-state index contributed by atoms with van der Waals surface area (Å²) in [5, 5.41) is 7.03. The lowest BCUT2D eigenvalue weighted by atomic mass is 10.1. The SMILES string of the molecule is CCC(NC(=O)Cc1ccc2c(c1)OCO2)c1ncnn1C. The molecule has 1 unspecified atom stereocenters. The van der Waals surface area contributed by atoms with Crippen LogP contribution in [0.1, 0.15) is 30.8 Å². The lowest BCUT2D eigenvalue weighted by molar-refractivity contribution is -0.121. The molecule has 0 saturated heterocycles. The summed E-state index contributed by atoms with van der Waals surface area (Å²) in [5.74, 6) is 2.09. The number of carbonyl (C=O) groups is 1. The molecule has 1 amide bonds. The van der Waals surface area contributed by atoms with Crippen LogP contribution in [-0.4, -0.2) is 27.5 Å². The average Bonchev–Trinajstić information content (AvgIpc) is 3.13. The first-order valence-electron chi connectivity index (χ1n) is 7.19. The summed E-state index contributed by atoms with van der Waals surface area (Å²) in [6.45, 7) is 2.23. The maximum atomic E-state index is 12.2. The van der Waals surface area contributed by atoms with Crippen molar-refractivity contribution in [3.05, 3.63) is 35.9 Å². The molecule has 0 saturated carbocycles. The molecule has 1 aromatic carbocycles. The molecule has 0 spiro atoms. The number of fused-ring (bicyclic) bond motifs is 1. The van der Waals surface area contributed by atoms with Gasteiger partial charge in [0, 0.05) is 7.05 Å². The third-order valence-corrected chi connectivity index (χ3v) is 3.60. The van der Waals surface area contributed by atoms with E-state index in [0.29, 0.717) is 5.75 Å². The van der Waals surface area contributed by atoms with E-state index in [2.05, 4.69) is 15.4 Å². The first-order chi connectivity index (χ1) is 10.7. The van der Waals surface area contributed by atoms with Gasteiger partial charge < -0.3 is 14.8 Å². The quantitative estimate of drug-likeness (QED) is 0.902. The molecule has 22 heavy (non-hydrogen) atoms. The highest BCUT2D eigenvalue weighted by Crippen LogP contribution is 2.32. The van der Waals surface area contributed by atoms with E-state index in [1.165, 1.54) is 6.33 Å². The van der Waals surface area contributed by atoms with Crippen LogP contribution in [0, 0.1) is 0 Å². The highest BCUT2D eigenvalue weighted by Gasteiger charge is 2.19. The fourth-order valence-electron chi connectivity index (χ4n) is 2.45. The number of benzene rings is 1. The Kier molecular flexibility index (Phi) is 3.95. The molecule has 1 atom stereocenters. The maximum absolute atomic E-state index is 12.2. The predicted molar refractivity (Wildman–Crippen MR) is 78.4 cm³/mol. The molecular formula is C15H18N4O3. The molecule has 2 aromatic rings. The van der Waals surface area contributed by atoms with Gasteiger partial charge in [-0.3, -0.25) is 9.48 Å². The summed E-state index contributed by atoms with van der Waals surface area (Å²) in [4.78, 5) is 16.4. The van der Waals surface area contributed by atoms with Gasteiger partial charge in [0.2, 0.25) is 12.7 Å². The Bertz CT molecular complexity index is 683. The van der Waals surface area contributed by atoms with Gasteiger partial charge in [-0.1, -0.05) is 13.0 Å². The van der Waals surface area contributed by atoms with Crippen molar-refractivity contribution in [3.8, 4) is 11.5 Å². The van der Waals surface area contributed by atoms with Crippen molar-refractivity contribution in [2.75, 3.05) is 6.79 Å². The van der Waals surface area contributed by atoms with Gasteiger partial charge in [0.25, 0.3) is 0 Å². The fraction of sp³-hybridized carbons (Fsp3) is 0.400. The van der Waals surface area contributed by atoms with Crippen LogP contribution in [0.2, 0.25) is 0 Å². The molecule has 0 radical (unpaired) electrons. The van der Waals surface area contributed by atoms with Gasteiger partial charge >= 0.3 is 0 Å². The molecular weight excluding hydrogens is 284 g/mol. The maximum Gasteiger partial charge on any atom is 0.231 e. The van der Waals surface area contributed by atoms with Crippen LogP contribution < -0.4 is 14.8 Å². The van der Waals surface area contributed by atoms with Gasteiger partial charge in [-0.25, -0.2) is 4.98 Å². The summed E-state index contributed by atoms with van der Waals surface area (Å²) in [5.41, 5.74) is 0.884. The minimum absolute atomic E-state index is 0.0614. The number of rotatable bonds is 5. The lowest BCUT2D eigenvalue weighted by Crippen LogP contribution is -2.31. The summed E-state index contributed by atoms with van der Waals surface area (Å²) < 4.78 is 12.3. The third-order valence-electron chi connectivity index (χ3n) is 3.60. The number of carbonyl (C=O) groups excluding carboxylic acids is 1. The van der Waals surface area contributed by atoms with E-state index in [0.717, 1.165) is 23.6 Å². The minimum atomic E-state index is -0.144. The van der Waals surface area contributed by atoms with E-state index in [4.69, 9.17) is 9.47 Å². The number of ether oxygens (including phenoxy) is 2. The number of amides is 1. The molecule has 0 aliphatic carbocycles. The highest BCUT2D eigenvalue weighted by molar-refractivity contribution is 5.79. The van der Waals surface area contributed by atoms with E-state index in [-0.39, 0.29) is 25.2 Å². The van der Waals surface area contributed by atoms with E-state index < -0.39 is 0 Å². The second kappa shape index (κ2) is 6.05. The van der Waals surface area contributed by atoms with Crippen molar-refractivity contribution in [1.29, 1.82) is 0 Å². The second-order valence-corrected chi connectivity index (χ2v) is 5.13. The van der Waals surface area contributed by atoms with E-state index in [1.54, 1.807) is 4.68 Å². The predicted octanol–water partition coefficient (Wildman–Crippen LogP) is 1.35. The molecule has 0 fully saturated rings. The molecule has 0 bridgehead atoms. The van der Waals surface area contributed by atoms with Crippen molar-refractivity contribution in [1.82, 2.24) is 20.1 Å². The van der Waals surface area contributed by atoms with Crippen LogP contribution in [0.4, 0.5) is 0 Å². The Balaban J connectivity index is 1.65. The van der Waals surface area contributed by atoms with E-state index in [9.17, 15) is 4.79 Å². The second-order valence-electron chi connectivity index (χ2n) is 5.13. The number of nitrogens with zero attached hydrogens (tertiary/aromatic N) is 3. The monoisotopic (exact) mass is 302 g/mol. The Hall–Kier alpha value is -2.57. The average molecular weight is 302 g/mol. The van der Waals surface area contributed by atoms with Gasteiger partial charge in [-0.15, -0.1) is 0 Å². The van der Waals surface area contributed by atoms with Crippen LogP contribution in [-0.2, 0) is 18.3 Å². The molecule has 7 nitrogen and oxygen atoms in total. The minimum Gasteiger partial charge on any atom is -0.454 e. The van der Waals surface area contributed by atoms with Gasteiger partial charge in [-0.05, 0) is 24.1 Å². The van der Waals surface area contributed by atoms with Crippen LogP contribution >= 0.6 is 0 Å². The molecule has 1 aliphatic rings. The summed E-state index contributed by atoms with van der Waals surface area (Å²) in [6, 6.07) is 5.39. The standard InChI is InChI=1S/C15H18N4O3/c1-3-11(15-16-8-17-19(15)2)18-14(20)7-10-4-5-12-13(6-10)22-9-21-12/h4-6,8,11H,3,7,9H2,1-2H3,(H,18,20). The lowest BCUT2D eigenvalue weighted by Gasteiger charge is -2.16. The van der Waals surface area contributed by atoms with Crippen LogP contribution in [0.5, 0.6) is 11.5 Å². The number of hydrogen-bond donors (Lipinski definition) is 1. The van der Waals surface area contributed by atoms with Crippen molar-refractivity contribution in [2.24, 2.45) is 7.05 Å². The van der Waals surface area contributed by atoms with Crippen molar-refractivity contribution in [3.63, 3.8) is 0 Å². The normalized spacial score (nSPS) is 13.9. The largest absolute Gasteiger partial charge is 0.454 e. The number of aromatic nitrogens is 3. The zero-order chi connectivity index (χ0) is 15.5. The fourth-order valence-corrected chi connectivity index (χ4v) is 2.45. The van der Waals surface area contributed by atoms with Gasteiger partial charge in [-0.2, -0.15) is 5.10 Å². The van der Waals surface area contributed by atoms with Gasteiger partial charge in [0.1, 0.15) is 12.2 Å².